The number of likely N-dealkylation sites (tertiary alicyclic amines) is 1. The SMILES string of the molecule is CCc1ccc(CN2CCCCC2CCBr)s1. The van der Waals surface area contributed by atoms with Crippen LogP contribution in [0.25, 0.3) is 0 Å². The first-order valence-corrected chi connectivity index (χ1v) is 8.65. The predicted molar refractivity (Wildman–Crippen MR) is 80.2 cm³/mol. The van der Waals surface area contributed by atoms with Crippen LogP contribution in [-0.4, -0.2) is 22.8 Å². The summed E-state index contributed by atoms with van der Waals surface area (Å²) in [5.41, 5.74) is 0. The molecule has 0 aliphatic carbocycles. The van der Waals surface area contributed by atoms with Crippen molar-refractivity contribution >= 4 is 27.3 Å². The van der Waals surface area contributed by atoms with Gasteiger partial charge >= 0.3 is 0 Å². The molecule has 0 aromatic carbocycles. The second-order valence-electron chi connectivity index (χ2n) is 4.82. The van der Waals surface area contributed by atoms with Crippen molar-refractivity contribution in [2.75, 3.05) is 11.9 Å². The Morgan fingerprint density at radius 3 is 2.88 bits per heavy atom. The van der Waals surface area contributed by atoms with Crippen LogP contribution in [0.15, 0.2) is 12.1 Å². The zero-order valence-electron chi connectivity index (χ0n) is 10.6. The van der Waals surface area contributed by atoms with Gasteiger partial charge in [0.05, 0.1) is 0 Å². The smallest absolute Gasteiger partial charge is 0.0330 e. The number of hydrogen-bond donors (Lipinski definition) is 0. The number of aryl methyl sites for hydroxylation is 1. The normalized spacial score (nSPS) is 21.9. The lowest BCUT2D eigenvalue weighted by atomic mass is 10.00. The topological polar surface area (TPSA) is 3.24 Å². The van der Waals surface area contributed by atoms with Crippen LogP contribution in [0.1, 0.15) is 42.4 Å². The Morgan fingerprint density at radius 2 is 2.18 bits per heavy atom. The minimum Gasteiger partial charge on any atom is -0.295 e. The molecule has 1 aromatic rings. The van der Waals surface area contributed by atoms with Crippen molar-refractivity contribution < 1.29 is 0 Å². The Kier molecular flexibility index (Phi) is 5.51. The zero-order valence-corrected chi connectivity index (χ0v) is 13.0. The van der Waals surface area contributed by atoms with Crippen molar-refractivity contribution in [2.45, 2.75) is 51.6 Å². The Morgan fingerprint density at radius 1 is 1.35 bits per heavy atom. The van der Waals surface area contributed by atoms with E-state index in [1.807, 2.05) is 11.3 Å². The van der Waals surface area contributed by atoms with Crippen LogP contribution in [0, 0.1) is 0 Å². The summed E-state index contributed by atoms with van der Waals surface area (Å²) in [5.74, 6) is 0. The molecule has 0 bridgehead atoms. The van der Waals surface area contributed by atoms with Crippen molar-refractivity contribution in [3.8, 4) is 0 Å². The minimum atomic E-state index is 0.801. The summed E-state index contributed by atoms with van der Waals surface area (Å²) < 4.78 is 0. The fourth-order valence-electron chi connectivity index (χ4n) is 2.62. The summed E-state index contributed by atoms with van der Waals surface area (Å²) in [7, 11) is 0. The van der Waals surface area contributed by atoms with Crippen molar-refractivity contribution in [3.63, 3.8) is 0 Å². The number of halogens is 1. The van der Waals surface area contributed by atoms with Gasteiger partial charge in [-0.05, 0) is 44.4 Å². The number of hydrogen-bond acceptors (Lipinski definition) is 2. The van der Waals surface area contributed by atoms with E-state index in [0.29, 0.717) is 0 Å². The molecule has 0 amide bonds. The minimum absolute atomic E-state index is 0.801. The van der Waals surface area contributed by atoms with Gasteiger partial charge in [-0.25, -0.2) is 0 Å². The molecule has 0 saturated carbocycles. The third-order valence-electron chi connectivity index (χ3n) is 3.62. The molecule has 0 radical (unpaired) electrons. The summed E-state index contributed by atoms with van der Waals surface area (Å²) in [6.07, 6.45) is 6.66. The van der Waals surface area contributed by atoms with Crippen molar-refractivity contribution in [3.05, 3.63) is 21.9 Å². The molecule has 2 rings (SSSR count). The molecule has 2 heterocycles. The molecule has 1 atom stereocenters. The molecule has 3 heteroatoms. The van der Waals surface area contributed by atoms with Gasteiger partial charge in [0.1, 0.15) is 0 Å². The van der Waals surface area contributed by atoms with Crippen LogP contribution < -0.4 is 0 Å². The summed E-state index contributed by atoms with van der Waals surface area (Å²) >= 11 is 5.58. The molecule has 1 aliphatic rings. The molecule has 0 N–H and O–H groups in total. The summed E-state index contributed by atoms with van der Waals surface area (Å²) in [5, 5.41) is 1.14. The first-order chi connectivity index (χ1) is 8.33. The highest BCUT2D eigenvalue weighted by Gasteiger charge is 2.21. The number of thiophene rings is 1. The molecule has 1 unspecified atom stereocenters. The van der Waals surface area contributed by atoms with E-state index in [1.165, 1.54) is 50.1 Å². The first-order valence-electron chi connectivity index (χ1n) is 6.71. The average Bonchev–Trinajstić information content (AvgIpc) is 2.80. The van der Waals surface area contributed by atoms with E-state index in [4.69, 9.17) is 0 Å². The standard InChI is InChI=1S/C14H22BrNS/c1-2-13-6-7-14(17-13)11-16-10-4-3-5-12(16)8-9-15/h6-7,12H,2-5,8-11H2,1H3. The highest BCUT2D eigenvalue weighted by atomic mass is 79.9. The second kappa shape index (κ2) is 6.91. The number of nitrogens with zero attached hydrogens (tertiary/aromatic N) is 1. The van der Waals surface area contributed by atoms with E-state index >= 15 is 0 Å². The van der Waals surface area contributed by atoms with Gasteiger partial charge in [-0.15, -0.1) is 11.3 Å². The average molecular weight is 316 g/mol. The van der Waals surface area contributed by atoms with Gasteiger partial charge in [0, 0.05) is 27.7 Å². The maximum Gasteiger partial charge on any atom is 0.0330 e. The lowest BCUT2D eigenvalue weighted by Gasteiger charge is -2.35. The molecular weight excluding hydrogens is 294 g/mol. The van der Waals surface area contributed by atoms with E-state index in [9.17, 15) is 0 Å². The Bertz CT molecular complexity index is 335. The third-order valence-corrected chi connectivity index (χ3v) is 5.29. The van der Waals surface area contributed by atoms with Gasteiger partial charge < -0.3 is 0 Å². The van der Waals surface area contributed by atoms with E-state index in [0.717, 1.165) is 11.4 Å². The molecular formula is C14H22BrNS. The molecule has 1 aromatic heterocycles. The van der Waals surface area contributed by atoms with Crippen molar-refractivity contribution in [1.29, 1.82) is 0 Å². The molecule has 1 nitrogen and oxygen atoms in total. The molecule has 17 heavy (non-hydrogen) atoms. The number of alkyl halides is 1. The van der Waals surface area contributed by atoms with Gasteiger partial charge in [-0.1, -0.05) is 29.3 Å². The van der Waals surface area contributed by atoms with Crippen molar-refractivity contribution in [2.24, 2.45) is 0 Å². The first kappa shape index (κ1) is 13.6. The lowest BCUT2D eigenvalue weighted by Crippen LogP contribution is -2.38. The fraction of sp³-hybridized carbons (Fsp3) is 0.714. The van der Waals surface area contributed by atoms with Crippen molar-refractivity contribution in [1.82, 2.24) is 4.90 Å². The number of piperidine rings is 1. The molecule has 96 valence electrons. The van der Waals surface area contributed by atoms with Gasteiger partial charge in [-0.3, -0.25) is 4.90 Å². The molecule has 1 fully saturated rings. The Hall–Kier alpha value is 0.140. The summed E-state index contributed by atoms with van der Waals surface area (Å²) in [4.78, 5) is 5.76. The van der Waals surface area contributed by atoms with E-state index in [1.54, 1.807) is 4.88 Å². The van der Waals surface area contributed by atoms with Gasteiger partial charge in [-0.2, -0.15) is 0 Å². The van der Waals surface area contributed by atoms with E-state index in [2.05, 4.69) is 39.9 Å². The molecule has 1 aliphatic heterocycles. The Labute approximate surface area is 117 Å². The van der Waals surface area contributed by atoms with Gasteiger partial charge in [0.2, 0.25) is 0 Å². The highest BCUT2D eigenvalue weighted by Crippen LogP contribution is 2.25. The summed E-state index contributed by atoms with van der Waals surface area (Å²) in [6.45, 7) is 4.70. The molecule has 0 spiro atoms. The van der Waals surface area contributed by atoms with Crippen LogP contribution in [-0.2, 0) is 13.0 Å². The lowest BCUT2D eigenvalue weighted by molar-refractivity contribution is 0.138. The van der Waals surface area contributed by atoms with Crippen LogP contribution in [0.5, 0.6) is 0 Å². The predicted octanol–water partition coefficient (Wildman–Crippen LogP) is 4.45. The fourth-order valence-corrected chi connectivity index (χ4v) is 4.13. The van der Waals surface area contributed by atoms with Gasteiger partial charge in [0.15, 0.2) is 0 Å². The van der Waals surface area contributed by atoms with Crippen LogP contribution >= 0.6 is 27.3 Å². The largest absolute Gasteiger partial charge is 0.295 e. The Balaban J connectivity index is 1.95. The monoisotopic (exact) mass is 315 g/mol. The third kappa shape index (κ3) is 3.80. The van der Waals surface area contributed by atoms with Gasteiger partial charge in [0.25, 0.3) is 0 Å². The zero-order chi connectivity index (χ0) is 12.1. The maximum absolute atomic E-state index is 3.59. The summed E-state index contributed by atoms with van der Waals surface area (Å²) in [6, 6.07) is 5.42. The van der Waals surface area contributed by atoms with E-state index < -0.39 is 0 Å². The maximum atomic E-state index is 3.59. The quantitative estimate of drug-likeness (QED) is 0.726. The van der Waals surface area contributed by atoms with Crippen LogP contribution in [0.2, 0.25) is 0 Å². The highest BCUT2D eigenvalue weighted by molar-refractivity contribution is 9.09. The number of rotatable bonds is 5. The van der Waals surface area contributed by atoms with E-state index in [-0.39, 0.29) is 0 Å². The van der Waals surface area contributed by atoms with Crippen LogP contribution in [0.3, 0.4) is 0 Å². The second-order valence-corrected chi connectivity index (χ2v) is 6.87. The molecule has 1 saturated heterocycles. The van der Waals surface area contributed by atoms with Crippen LogP contribution in [0.4, 0.5) is 0 Å².